The molecule has 1 aromatic heterocycles. The predicted octanol–water partition coefficient (Wildman–Crippen LogP) is 5.95. The molecule has 1 aliphatic carbocycles. The van der Waals surface area contributed by atoms with E-state index in [2.05, 4.69) is 5.32 Å². The number of thiophene rings is 1. The van der Waals surface area contributed by atoms with E-state index in [4.69, 9.17) is 21.1 Å². The van der Waals surface area contributed by atoms with Crippen molar-refractivity contribution in [1.29, 1.82) is 0 Å². The predicted molar refractivity (Wildman–Crippen MR) is 121 cm³/mol. The molecule has 2 aromatic rings. The first-order valence-corrected chi connectivity index (χ1v) is 11.7. The Morgan fingerprint density at radius 1 is 1.20 bits per heavy atom. The molecule has 5 nitrogen and oxygen atoms in total. The smallest absolute Gasteiger partial charge is 0.341 e. The summed E-state index contributed by atoms with van der Waals surface area (Å²) in [6.07, 6.45) is 5.52. The maximum Gasteiger partial charge on any atom is 0.341 e. The Kier molecular flexibility index (Phi) is 7.78. The first-order chi connectivity index (χ1) is 14.4. The number of nitrogens with one attached hydrogen (secondary N) is 1. The number of hydrogen-bond acceptors (Lipinski definition) is 5. The number of anilines is 1. The number of hydrogen-bond donors (Lipinski definition) is 1. The maximum atomic E-state index is 12.9. The summed E-state index contributed by atoms with van der Waals surface area (Å²) in [5.74, 6) is -0.0665. The molecule has 0 spiro atoms. The normalized spacial score (nSPS) is 14.8. The summed E-state index contributed by atoms with van der Waals surface area (Å²) in [6.45, 7) is 5.66. The average Bonchev–Trinajstić information content (AvgIpc) is 3.00. The van der Waals surface area contributed by atoms with Gasteiger partial charge in [0.05, 0.1) is 12.2 Å². The van der Waals surface area contributed by atoms with Crippen LogP contribution in [0.4, 0.5) is 5.00 Å². The van der Waals surface area contributed by atoms with Crippen LogP contribution in [0.15, 0.2) is 18.2 Å². The summed E-state index contributed by atoms with van der Waals surface area (Å²) in [7, 11) is 0. The zero-order valence-corrected chi connectivity index (χ0v) is 19.3. The van der Waals surface area contributed by atoms with Crippen LogP contribution in [0.5, 0.6) is 5.75 Å². The van der Waals surface area contributed by atoms with Crippen LogP contribution in [0.2, 0.25) is 5.02 Å². The van der Waals surface area contributed by atoms with Gasteiger partial charge in [-0.15, -0.1) is 11.3 Å². The molecule has 0 radical (unpaired) electrons. The average molecular weight is 450 g/mol. The highest BCUT2D eigenvalue weighted by molar-refractivity contribution is 7.17. The third-order valence-electron chi connectivity index (χ3n) is 5.20. The summed E-state index contributed by atoms with van der Waals surface area (Å²) in [6, 6.07) is 5.27. The minimum Gasteiger partial charge on any atom is -0.481 e. The number of carbonyl (C=O) groups is 2. The molecule has 7 heteroatoms. The van der Waals surface area contributed by atoms with E-state index in [1.807, 2.05) is 6.92 Å². The number of carbonyl (C=O) groups excluding carboxylic acids is 2. The zero-order chi connectivity index (χ0) is 21.7. The van der Waals surface area contributed by atoms with E-state index < -0.39 is 6.10 Å². The Morgan fingerprint density at radius 3 is 2.63 bits per heavy atom. The van der Waals surface area contributed by atoms with Gasteiger partial charge in [0, 0.05) is 9.90 Å². The fourth-order valence-electron chi connectivity index (χ4n) is 3.63. The molecule has 0 bridgehead atoms. The van der Waals surface area contributed by atoms with Crippen molar-refractivity contribution < 1.29 is 19.1 Å². The number of halogens is 1. The van der Waals surface area contributed by atoms with Gasteiger partial charge in [-0.3, -0.25) is 4.79 Å². The van der Waals surface area contributed by atoms with E-state index in [0.29, 0.717) is 27.9 Å². The van der Waals surface area contributed by atoms with Gasteiger partial charge in [-0.05, 0) is 75.8 Å². The molecule has 0 saturated carbocycles. The van der Waals surface area contributed by atoms with Gasteiger partial charge in [0.25, 0.3) is 5.91 Å². The van der Waals surface area contributed by atoms with Gasteiger partial charge in [-0.25, -0.2) is 4.79 Å². The lowest BCUT2D eigenvalue weighted by molar-refractivity contribution is -0.122. The van der Waals surface area contributed by atoms with Crippen LogP contribution in [0.1, 0.15) is 65.9 Å². The van der Waals surface area contributed by atoms with E-state index in [9.17, 15) is 9.59 Å². The summed E-state index contributed by atoms with van der Waals surface area (Å²) in [5.41, 5.74) is 2.41. The lowest BCUT2D eigenvalue weighted by atomic mass is 9.96. The van der Waals surface area contributed by atoms with Crippen molar-refractivity contribution in [2.45, 2.75) is 65.4 Å². The second-order valence-corrected chi connectivity index (χ2v) is 9.04. The number of aryl methyl sites for hydroxylation is 2. The topological polar surface area (TPSA) is 64.6 Å². The van der Waals surface area contributed by atoms with Crippen LogP contribution >= 0.6 is 22.9 Å². The monoisotopic (exact) mass is 449 g/mol. The van der Waals surface area contributed by atoms with Crippen LogP contribution in [0, 0.1) is 6.92 Å². The van der Waals surface area contributed by atoms with Crippen molar-refractivity contribution in [3.63, 3.8) is 0 Å². The Morgan fingerprint density at radius 2 is 1.93 bits per heavy atom. The molecule has 1 amide bonds. The van der Waals surface area contributed by atoms with E-state index >= 15 is 0 Å². The molecule has 3 rings (SSSR count). The van der Waals surface area contributed by atoms with E-state index in [-0.39, 0.29) is 11.9 Å². The largest absolute Gasteiger partial charge is 0.481 e. The van der Waals surface area contributed by atoms with Gasteiger partial charge < -0.3 is 14.8 Å². The molecule has 1 aliphatic rings. The van der Waals surface area contributed by atoms with E-state index in [1.54, 1.807) is 32.0 Å². The molecule has 162 valence electrons. The molecule has 0 saturated heterocycles. The summed E-state index contributed by atoms with van der Waals surface area (Å²) < 4.78 is 11.1. The van der Waals surface area contributed by atoms with Crippen molar-refractivity contribution in [3.05, 3.63) is 44.8 Å². The van der Waals surface area contributed by atoms with Gasteiger partial charge in [0.15, 0.2) is 6.10 Å². The van der Waals surface area contributed by atoms with Gasteiger partial charge in [-0.2, -0.15) is 0 Å². The Bertz CT molecular complexity index is 924. The number of esters is 1. The number of amides is 1. The molecule has 0 fully saturated rings. The van der Waals surface area contributed by atoms with Crippen molar-refractivity contribution in [3.8, 4) is 5.75 Å². The fraction of sp³-hybridized carbons (Fsp3) is 0.478. The van der Waals surface area contributed by atoms with Gasteiger partial charge in [0.1, 0.15) is 10.8 Å². The number of rotatable bonds is 6. The lowest BCUT2D eigenvalue weighted by Gasteiger charge is -2.16. The quantitative estimate of drug-likeness (QED) is 0.553. The second-order valence-electron chi connectivity index (χ2n) is 7.50. The van der Waals surface area contributed by atoms with Crippen molar-refractivity contribution >= 4 is 39.8 Å². The number of ether oxygens (including phenoxy) is 2. The molecule has 0 aliphatic heterocycles. The third-order valence-corrected chi connectivity index (χ3v) is 6.64. The Hall–Kier alpha value is -2.05. The van der Waals surface area contributed by atoms with Crippen LogP contribution in [0.3, 0.4) is 0 Å². The molecule has 1 aromatic carbocycles. The minimum atomic E-state index is -0.732. The van der Waals surface area contributed by atoms with Crippen LogP contribution in [-0.4, -0.2) is 24.6 Å². The minimum absolute atomic E-state index is 0.298. The SMILES string of the molecule is CCOC(=O)c1c(NC(=O)C(C)Oc2ccc(Cl)cc2C)sc2c1CCCCCC2. The second kappa shape index (κ2) is 10.3. The summed E-state index contributed by atoms with van der Waals surface area (Å²) >= 11 is 7.48. The lowest BCUT2D eigenvalue weighted by Crippen LogP contribution is -2.30. The van der Waals surface area contributed by atoms with E-state index in [1.165, 1.54) is 22.6 Å². The molecule has 1 heterocycles. The van der Waals surface area contributed by atoms with Crippen molar-refractivity contribution in [2.24, 2.45) is 0 Å². The van der Waals surface area contributed by atoms with Crippen molar-refractivity contribution in [2.75, 3.05) is 11.9 Å². The first kappa shape index (κ1) is 22.6. The summed E-state index contributed by atoms with van der Waals surface area (Å²) in [4.78, 5) is 26.7. The van der Waals surface area contributed by atoms with E-state index in [0.717, 1.165) is 43.2 Å². The first-order valence-electron chi connectivity index (χ1n) is 10.5. The molecule has 1 N–H and O–H groups in total. The third kappa shape index (κ3) is 5.35. The fourth-order valence-corrected chi connectivity index (χ4v) is 5.14. The Labute approximate surface area is 186 Å². The standard InChI is InChI=1S/C23H28ClNO4S/c1-4-28-23(27)20-17-9-7-5-6-8-10-19(17)30-22(20)25-21(26)15(3)29-18-12-11-16(24)13-14(18)2/h11-13,15H,4-10H2,1-3H3,(H,25,26). The zero-order valence-electron chi connectivity index (χ0n) is 17.7. The van der Waals surface area contributed by atoms with Gasteiger partial charge in [-0.1, -0.05) is 24.4 Å². The highest BCUT2D eigenvalue weighted by atomic mass is 35.5. The molecule has 1 unspecified atom stereocenters. The van der Waals surface area contributed by atoms with Crippen LogP contribution in [-0.2, 0) is 22.4 Å². The Balaban J connectivity index is 1.82. The van der Waals surface area contributed by atoms with Gasteiger partial charge in [0.2, 0.25) is 0 Å². The molecule has 30 heavy (non-hydrogen) atoms. The number of fused-ring (bicyclic) bond motifs is 1. The van der Waals surface area contributed by atoms with Crippen molar-refractivity contribution in [1.82, 2.24) is 0 Å². The molecular formula is C23H28ClNO4S. The highest BCUT2D eigenvalue weighted by Crippen LogP contribution is 2.37. The molecule has 1 atom stereocenters. The number of benzene rings is 1. The van der Waals surface area contributed by atoms with Crippen LogP contribution < -0.4 is 10.1 Å². The van der Waals surface area contributed by atoms with Crippen LogP contribution in [0.25, 0.3) is 0 Å². The molecular weight excluding hydrogens is 422 g/mol. The van der Waals surface area contributed by atoms with Gasteiger partial charge >= 0.3 is 5.97 Å². The highest BCUT2D eigenvalue weighted by Gasteiger charge is 2.27. The maximum absolute atomic E-state index is 12.9. The summed E-state index contributed by atoms with van der Waals surface area (Å²) in [5, 5.41) is 4.11.